The number of fused-ring (bicyclic) bond motifs is 1. The van der Waals surface area contributed by atoms with Crippen LogP contribution in [0.25, 0.3) is 0 Å². The van der Waals surface area contributed by atoms with Gasteiger partial charge in [-0.2, -0.15) is 0 Å². The van der Waals surface area contributed by atoms with E-state index >= 15 is 0 Å². The van der Waals surface area contributed by atoms with Gasteiger partial charge in [0.1, 0.15) is 16.7 Å². The van der Waals surface area contributed by atoms with Gasteiger partial charge in [0.05, 0.1) is 12.7 Å². The summed E-state index contributed by atoms with van der Waals surface area (Å²) in [7, 11) is -2.38. The maximum atomic E-state index is 13.3. The number of hydrogen-bond donors (Lipinski definition) is 1. The molecule has 1 aliphatic rings. The molecule has 2 aromatic rings. The van der Waals surface area contributed by atoms with Crippen molar-refractivity contribution in [2.24, 2.45) is 5.92 Å². The zero-order valence-electron chi connectivity index (χ0n) is 21.1. The fraction of sp³-hybridized carbons (Fsp3) is 0.423. The third-order valence-corrected chi connectivity index (χ3v) is 7.84. The van der Waals surface area contributed by atoms with Crippen LogP contribution in [0.1, 0.15) is 49.5 Å². The van der Waals surface area contributed by atoms with Crippen LogP contribution in [0.3, 0.4) is 0 Å². The zero-order chi connectivity index (χ0) is 26.5. The van der Waals surface area contributed by atoms with Gasteiger partial charge in [0.15, 0.2) is 0 Å². The largest absolute Gasteiger partial charge is 0.497 e. The molecule has 2 aromatic carbocycles. The molecule has 1 unspecified atom stereocenters. The standard InChI is InChI=1S/C26H33N3O6S/c1-18(2)16-27-25(31)19(3)28(17-20-9-7-10-21(15-20)35-4)24(30)13-8-14-29-26(32)22-11-5-6-12-23(22)36(29,33)34/h5-7,9-12,15,18-19H,8,13-14,16-17H2,1-4H3,(H,27,31). The minimum absolute atomic E-state index is 0.0172. The average Bonchev–Trinajstić information content (AvgIpc) is 3.06. The maximum absolute atomic E-state index is 13.3. The minimum Gasteiger partial charge on any atom is -0.497 e. The third kappa shape index (κ3) is 6.04. The smallest absolute Gasteiger partial charge is 0.269 e. The number of hydrogen-bond acceptors (Lipinski definition) is 6. The summed E-state index contributed by atoms with van der Waals surface area (Å²) in [6, 6.07) is 12.6. The number of nitrogens with one attached hydrogen (secondary N) is 1. The van der Waals surface area contributed by atoms with E-state index in [1.807, 2.05) is 26.0 Å². The van der Waals surface area contributed by atoms with Crippen molar-refractivity contribution in [2.75, 3.05) is 20.2 Å². The molecule has 3 rings (SSSR count). The SMILES string of the molecule is COc1cccc(CN(C(=O)CCCN2C(=O)c3ccccc3S2(=O)=O)C(C)C(=O)NCC(C)C)c1. The molecule has 194 valence electrons. The zero-order valence-corrected chi connectivity index (χ0v) is 21.9. The molecule has 9 nitrogen and oxygen atoms in total. The van der Waals surface area contributed by atoms with E-state index in [1.54, 1.807) is 38.3 Å². The van der Waals surface area contributed by atoms with Gasteiger partial charge in [0.25, 0.3) is 15.9 Å². The van der Waals surface area contributed by atoms with E-state index in [-0.39, 0.29) is 54.1 Å². The van der Waals surface area contributed by atoms with Crippen molar-refractivity contribution >= 4 is 27.7 Å². The third-order valence-electron chi connectivity index (χ3n) is 6.00. The molecule has 0 spiro atoms. The lowest BCUT2D eigenvalue weighted by atomic mass is 10.1. The number of ether oxygens (including phenoxy) is 1. The highest BCUT2D eigenvalue weighted by Crippen LogP contribution is 2.30. The van der Waals surface area contributed by atoms with Crippen LogP contribution < -0.4 is 10.1 Å². The van der Waals surface area contributed by atoms with Crippen molar-refractivity contribution in [3.8, 4) is 5.75 Å². The Morgan fingerprint density at radius 3 is 2.47 bits per heavy atom. The molecule has 0 fully saturated rings. The van der Waals surface area contributed by atoms with Crippen molar-refractivity contribution < 1.29 is 27.5 Å². The van der Waals surface area contributed by atoms with Gasteiger partial charge < -0.3 is 15.0 Å². The van der Waals surface area contributed by atoms with E-state index in [0.29, 0.717) is 12.3 Å². The lowest BCUT2D eigenvalue weighted by Crippen LogP contribution is -2.48. The molecule has 1 heterocycles. The molecule has 1 aliphatic heterocycles. The first kappa shape index (κ1) is 27.2. The van der Waals surface area contributed by atoms with Gasteiger partial charge in [-0.3, -0.25) is 14.4 Å². The first-order valence-electron chi connectivity index (χ1n) is 11.9. The number of benzene rings is 2. The van der Waals surface area contributed by atoms with E-state index in [2.05, 4.69) is 5.32 Å². The van der Waals surface area contributed by atoms with Crippen molar-refractivity contribution in [2.45, 2.75) is 51.1 Å². The van der Waals surface area contributed by atoms with Gasteiger partial charge in [-0.25, -0.2) is 12.7 Å². The number of nitrogens with zero attached hydrogens (tertiary/aromatic N) is 2. The van der Waals surface area contributed by atoms with Crippen LogP contribution in [0.15, 0.2) is 53.4 Å². The van der Waals surface area contributed by atoms with Gasteiger partial charge in [0.2, 0.25) is 11.8 Å². The molecule has 0 aromatic heterocycles. The lowest BCUT2D eigenvalue weighted by molar-refractivity contribution is -0.140. The lowest BCUT2D eigenvalue weighted by Gasteiger charge is -2.29. The van der Waals surface area contributed by atoms with Crippen molar-refractivity contribution in [1.82, 2.24) is 14.5 Å². The highest BCUT2D eigenvalue weighted by molar-refractivity contribution is 7.90. The fourth-order valence-corrected chi connectivity index (χ4v) is 5.58. The summed E-state index contributed by atoms with van der Waals surface area (Å²) in [5.74, 6) is -0.283. The maximum Gasteiger partial charge on any atom is 0.269 e. The second kappa shape index (κ2) is 11.6. The molecule has 1 atom stereocenters. The van der Waals surface area contributed by atoms with Gasteiger partial charge in [-0.1, -0.05) is 38.1 Å². The minimum atomic E-state index is -3.93. The van der Waals surface area contributed by atoms with Gasteiger partial charge in [0, 0.05) is 26.1 Å². The molecule has 36 heavy (non-hydrogen) atoms. The Labute approximate surface area is 212 Å². The Balaban J connectivity index is 1.71. The van der Waals surface area contributed by atoms with Crippen LogP contribution in [-0.4, -0.2) is 61.6 Å². The van der Waals surface area contributed by atoms with Crippen molar-refractivity contribution in [3.05, 3.63) is 59.7 Å². The summed E-state index contributed by atoms with van der Waals surface area (Å²) in [6.45, 7) is 6.17. The van der Waals surface area contributed by atoms with Crippen LogP contribution in [0, 0.1) is 5.92 Å². The Kier molecular flexibility index (Phi) is 8.73. The molecular formula is C26H33N3O6S. The summed E-state index contributed by atoms with van der Waals surface area (Å²) >= 11 is 0. The quantitative estimate of drug-likeness (QED) is 0.492. The molecule has 3 amide bonds. The number of sulfonamides is 1. The van der Waals surface area contributed by atoms with E-state index in [1.165, 1.54) is 17.0 Å². The highest BCUT2D eigenvalue weighted by Gasteiger charge is 2.40. The summed E-state index contributed by atoms with van der Waals surface area (Å²) in [4.78, 5) is 40.2. The molecule has 0 saturated heterocycles. The second-order valence-corrected chi connectivity index (χ2v) is 11.0. The number of carbonyl (C=O) groups excluding carboxylic acids is 3. The first-order valence-corrected chi connectivity index (χ1v) is 13.4. The summed E-state index contributed by atoms with van der Waals surface area (Å²) < 4.78 is 31.6. The molecular weight excluding hydrogens is 482 g/mol. The monoisotopic (exact) mass is 515 g/mol. The van der Waals surface area contributed by atoms with Crippen LogP contribution in [0.4, 0.5) is 0 Å². The molecule has 0 bridgehead atoms. The average molecular weight is 516 g/mol. The van der Waals surface area contributed by atoms with E-state index in [4.69, 9.17) is 4.74 Å². The Morgan fingerprint density at radius 1 is 1.08 bits per heavy atom. The number of rotatable bonds is 11. The van der Waals surface area contributed by atoms with E-state index in [0.717, 1.165) is 9.87 Å². The number of methoxy groups -OCH3 is 1. The molecule has 0 saturated carbocycles. The van der Waals surface area contributed by atoms with E-state index in [9.17, 15) is 22.8 Å². The van der Waals surface area contributed by atoms with Crippen molar-refractivity contribution in [3.63, 3.8) is 0 Å². The topological polar surface area (TPSA) is 113 Å². The normalized spacial score (nSPS) is 14.9. The molecule has 1 N–H and O–H groups in total. The second-order valence-electron chi connectivity index (χ2n) is 9.17. The first-order chi connectivity index (χ1) is 17.1. The Bertz CT molecular complexity index is 1230. The predicted molar refractivity (Wildman–Crippen MR) is 135 cm³/mol. The van der Waals surface area contributed by atoms with Crippen molar-refractivity contribution in [1.29, 1.82) is 0 Å². The number of amides is 3. The highest BCUT2D eigenvalue weighted by atomic mass is 32.2. The van der Waals surface area contributed by atoms with E-state index < -0.39 is 22.0 Å². The predicted octanol–water partition coefficient (Wildman–Crippen LogP) is 2.81. The van der Waals surface area contributed by atoms with Crippen LogP contribution >= 0.6 is 0 Å². The molecule has 0 radical (unpaired) electrons. The summed E-state index contributed by atoms with van der Waals surface area (Å²) in [5.41, 5.74) is 0.929. The van der Waals surface area contributed by atoms with Gasteiger partial charge >= 0.3 is 0 Å². The Hall–Kier alpha value is -3.40. The molecule has 10 heteroatoms. The summed E-state index contributed by atoms with van der Waals surface area (Å²) in [6.07, 6.45) is 0.105. The van der Waals surface area contributed by atoms with Crippen LogP contribution in [0.5, 0.6) is 5.75 Å². The fourth-order valence-electron chi connectivity index (χ4n) is 3.97. The van der Waals surface area contributed by atoms with Gasteiger partial charge in [-0.15, -0.1) is 0 Å². The Morgan fingerprint density at radius 2 is 1.81 bits per heavy atom. The van der Waals surface area contributed by atoms with Crippen LogP contribution in [-0.2, 0) is 26.2 Å². The van der Waals surface area contributed by atoms with Crippen LogP contribution in [0.2, 0.25) is 0 Å². The summed E-state index contributed by atoms with van der Waals surface area (Å²) in [5, 5.41) is 2.86. The molecule has 0 aliphatic carbocycles. The van der Waals surface area contributed by atoms with Gasteiger partial charge in [-0.05, 0) is 49.1 Å². The number of carbonyl (C=O) groups is 3.